The number of rotatable bonds is 3. The molecule has 1 aromatic heterocycles. The summed E-state index contributed by atoms with van der Waals surface area (Å²) < 4.78 is 1.93. The quantitative estimate of drug-likeness (QED) is 0.886. The van der Waals surface area contributed by atoms with E-state index in [9.17, 15) is 10.2 Å². The minimum Gasteiger partial charge on any atom is -0.388 e. The van der Waals surface area contributed by atoms with Gasteiger partial charge in [-0.3, -0.25) is 0 Å². The maximum atomic E-state index is 10.2. The van der Waals surface area contributed by atoms with Crippen LogP contribution in [0.5, 0.6) is 0 Å². The molecule has 1 fully saturated rings. The summed E-state index contributed by atoms with van der Waals surface area (Å²) in [5, 5.41) is 20.3. The first-order chi connectivity index (χ1) is 8.99. The summed E-state index contributed by atoms with van der Waals surface area (Å²) >= 11 is 0. The molecule has 0 spiro atoms. The van der Waals surface area contributed by atoms with Gasteiger partial charge in [-0.25, -0.2) is 4.98 Å². The maximum absolute atomic E-state index is 10.2. The van der Waals surface area contributed by atoms with Crippen LogP contribution in [-0.4, -0.2) is 31.5 Å². The summed E-state index contributed by atoms with van der Waals surface area (Å²) in [4.78, 5) is 4.37. The number of aromatic nitrogens is 2. The highest BCUT2D eigenvalue weighted by molar-refractivity contribution is 5.77. The van der Waals surface area contributed by atoms with E-state index in [2.05, 4.69) is 31.0 Å². The van der Waals surface area contributed by atoms with Crippen LogP contribution in [0.25, 0.3) is 11.0 Å². The van der Waals surface area contributed by atoms with Crippen LogP contribution < -0.4 is 0 Å². The second-order valence-electron chi connectivity index (χ2n) is 5.80. The molecule has 1 aromatic carbocycles. The number of hydrogen-bond acceptors (Lipinski definition) is 3. The van der Waals surface area contributed by atoms with Crippen LogP contribution in [0.15, 0.2) is 18.5 Å². The highest BCUT2D eigenvalue weighted by Gasteiger charge is 2.41. The Balaban J connectivity index is 1.91. The monoisotopic (exact) mass is 260 g/mol. The van der Waals surface area contributed by atoms with Crippen molar-refractivity contribution in [3.05, 3.63) is 29.6 Å². The molecular weight excluding hydrogens is 240 g/mol. The number of fused-ring (bicyclic) bond motifs is 1. The fraction of sp³-hybridized carbons (Fsp3) is 0.533. The van der Waals surface area contributed by atoms with Gasteiger partial charge in [-0.1, -0.05) is 0 Å². The van der Waals surface area contributed by atoms with Gasteiger partial charge in [0.1, 0.15) is 6.10 Å². The van der Waals surface area contributed by atoms with Gasteiger partial charge in [-0.15, -0.1) is 0 Å². The Bertz CT molecular complexity index is 614. The van der Waals surface area contributed by atoms with Crippen molar-refractivity contribution in [2.24, 2.45) is 0 Å². The summed E-state index contributed by atoms with van der Waals surface area (Å²) in [6.45, 7) is 4.54. The maximum Gasteiger partial charge on any atom is 0.101 e. The molecule has 4 heteroatoms. The van der Waals surface area contributed by atoms with Crippen LogP contribution in [0.1, 0.15) is 30.4 Å². The van der Waals surface area contributed by atoms with E-state index < -0.39 is 11.7 Å². The first-order valence-corrected chi connectivity index (χ1v) is 6.82. The molecule has 1 heterocycles. The van der Waals surface area contributed by atoms with Gasteiger partial charge in [0.2, 0.25) is 0 Å². The molecular formula is C15H20N2O2. The Morgan fingerprint density at radius 2 is 2.00 bits per heavy atom. The number of nitrogens with zero attached hydrogens (tertiary/aromatic N) is 2. The third-order valence-electron chi connectivity index (χ3n) is 4.45. The van der Waals surface area contributed by atoms with Crippen molar-refractivity contribution in [1.82, 2.24) is 9.55 Å². The molecule has 1 unspecified atom stereocenters. The van der Waals surface area contributed by atoms with Crippen LogP contribution >= 0.6 is 0 Å². The highest BCUT2D eigenvalue weighted by Crippen LogP contribution is 2.35. The molecule has 1 aliphatic carbocycles. The molecule has 0 radical (unpaired) electrons. The lowest BCUT2D eigenvalue weighted by Gasteiger charge is -2.40. The standard InChI is InChI=1S/C15H20N2O2/c1-10-6-12-13(7-11(10)2)17(9-16-12)8-14(18)15(19)4-3-5-15/h6-7,9,14,18-19H,3-5,8H2,1-2H3. The number of aliphatic hydroxyl groups is 2. The Morgan fingerprint density at radius 1 is 1.32 bits per heavy atom. The average molecular weight is 260 g/mol. The number of hydrogen-bond donors (Lipinski definition) is 2. The van der Waals surface area contributed by atoms with Crippen LogP contribution in [0, 0.1) is 13.8 Å². The second-order valence-corrected chi connectivity index (χ2v) is 5.80. The number of aryl methyl sites for hydroxylation is 2. The van der Waals surface area contributed by atoms with Crippen molar-refractivity contribution >= 4 is 11.0 Å². The Morgan fingerprint density at radius 3 is 2.63 bits per heavy atom. The number of aliphatic hydroxyl groups excluding tert-OH is 1. The molecule has 0 saturated heterocycles. The third kappa shape index (κ3) is 2.05. The van der Waals surface area contributed by atoms with Gasteiger partial charge in [0.15, 0.2) is 0 Å². The molecule has 0 aliphatic heterocycles. The van der Waals surface area contributed by atoms with Gasteiger partial charge in [0.05, 0.1) is 29.5 Å². The van der Waals surface area contributed by atoms with Crippen LogP contribution in [0.4, 0.5) is 0 Å². The Kier molecular flexibility index (Phi) is 2.87. The Hall–Kier alpha value is -1.39. The van der Waals surface area contributed by atoms with E-state index in [-0.39, 0.29) is 0 Å². The minimum atomic E-state index is -0.893. The van der Waals surface area contributed by atoms with E-state index in [1.54, 1.807) is 6.33 Å². The summed E-state index contributed by atoms with van der Waals surface area (Å²) in [7, 11) is 0. The molecule has 19 heavy (non-hydrogen) atoms. The van der Waals surface area contributed by atoms with Crippen LogP contribution in [-0.2, 0) is 6.54 Å². The molecule has 1 atom stereocenters. The summed E-state index contributed by atoms with van der Waals surface area (Å²) in [5.74, 6) is 0. The van der Waals surface area contributed by atoms with Crippen molar-refractivity contribution < 1.29 is 10.2 Å². The molecule has 0 amide bonds. The SMILES string of the molecule is Cc1cc2ncn(CC(O)C3(O)CCC3)c2cc1C. The minimum absolute atomic E-state index is 0.398. The predicted molar refractivity (Wildman–Crippen MR) is 74.0 cm³/mol. The van der Waals surface area contributed by atoms with Gasteiger partial charge >= 0.3 is 0 Å². The van der Waals surface area contributed by atoms with E-state index >= 15 is 0 Å². The fourth-order valence-electron chi connectivity index (χ4n) is 2.69. The molecule has 2 N–H and O–H groups in total. The average Bonchev–Trinajstić information content (AvgIpc) is 2.69. The van der Waals surface area contributed by atoms with Gasteiger partial charge in [-0.05, 0) is 56.4 Å². The van der Waals surface area contributed by atoms with Gasteiger partial charge in [0, 0.05) is 0 Å². The Labute approximate surface area is 112 Å². The summed E-state index contributed by atoms with van der Waals surface area (Å²) in [6.07, 6.45) is 3.41. The molecule has 0 bridgehead atoms. The largest absolute Gasteiger partial charge is 0.388 e. The number of imidazole rings is 1. The van der Waals surface area contributed by atoms with E-state index in [0.29, 0.717) is 19.4 Å². The van der Waals surface area contributed by atoms with E-state index in [4.69, 9.17) is 0 Å². The van der Waals surface area contributed by atoms with Crippen molar-refractivity contribution in [3.63, 3.8) is 0 Å². The lowest BCUT2D eigenvalue weighted by atomic mass is 9.76. The van der Waals surface area contributed by atoms with Crippen LogP contribution in [0.3, 0.4) is 0 Å². The zero-order valence-corrected chi connectivity index (χ0v) is 11.4. The molecule has 102 valence electrons. The normalized spacial score (nSPS) is 19.4. The smallest absolute Gasteiger partial charge is 0.101 e. The van der Waals surface area contributed by atoms with E-state index in [1.807, 2.05) is 4.57 Å². The zero-order chi connectivity index (χ0) is 13.6. The molecule has 1 saturated carbocycles. The summed E-state index contributed by atoms with van der Waals surface area (Å²) in [5.41, 5.74) is 3.50. The molecule has 2 aromatic rings. The van der Waals surface area contributed by atoms with Gasteiger partial charge < -0.3 is 14.8 Å². The second kappa shape index (κ2) is 4.32. The molecule has 4 nitrogen and oxygen atoms in total. The lowest BCUT2D eigenvalue weighted by Crippen LogP contribution is -2.49. The van der Waals surface area contributed by atoms with Gasteiger partial charge in [-0.2, -0.15) is 0 Å². The highest BCUT2D eigenvalue weighted by atomic mass is 16.3. The number of benzene rings is 1. The predicted octanol–water partition coefficient (Wildman–Crippen LogP) is 1.93. The first-order valence-electron chi connectivity index (χ1n) is 6.82. The molecule has 1 aliphatic rings. The summed E-state index contributed by atoms with van der Waals surface area (Å²) in [6, 6.07) is 4.15. The van der Waals surface area contributed by atoms with E-state index in [1.165, 1.54) is 11.1 Å². The van der Waals surface area contributed by atoms with Crippen LogP contribution in [0.2, 0.25) is 0 Å². The van der Waals surface area contributed by atoms with Crippen molar-refractivity contribution in [1.29, 1.82) is 0 Å². The lowest BCUT2D eigenvalue weighted by molar-refractivity contribution is -0.129. The third-order valence-corrected chi connectivity index (χ3v) is 4.45. The first kappa shape index (κ1) is 12.6. The van der Waals surface area contributed by atoms with Crippen molar-refractivity contribution in [3.8, 4) is 0 Å². The zero-order valence-electron chi connectivity index (χ0n) is 11.4. The van der Waals surface area contributed by atoms with Crippen molar-refractivity contribution in [2.45, 2.75) is 51.4 Å². The van der Waals surface area contributed by atoms with Gasteiger partial charge in [0.25, 0.3) is 0 Å². The van der Waals surface area contributed by atoms with E-state index in [0.717, 1.165) is 17.5 Å². The topological polar surface area (TPSA) is 58.3 Å². The fourth-order valence-corrected chi connectivity index (χ4v) is 2.69. The molecule has 3 rings (SSSR count). The van der Waals surface area contributed by atoms with Crippen molar-refractivity contribution in [2.75, 3.05) is 0 Å².